The Kier molecular flexibility index (Phi) is 5.44. The van der Waals surface area contributed by atoms with Crippen LogP contribution in [0.3, 0.4) is 0 Å². The quantitative estimate of drug-likeness (QED) is 0.387. The van der Waals surface area contributed by atoms with Gasteiger partial charge in [-0.25, -0.2) is 10.1 Å². The standard InChI is InChI=1S/C24H25N5O3S2/c1-24(2,3)28(4)22(30)19-15-9-8-13-11-17(31-5)14(21-26-27-23(33)32-21)12-16(13)29(15)20(25-19)18-7-6-10-34-18/h6-7,10-12H,8-9H2,1-5H3,(H,27,33). The summed E-state index contributed by atoms with van der Waals surface area (Å²) >= 11 is 6.67. The van der Waals surface area contributed by atoms with Gasteiger partial charge >= 0.3 is 0 Å². The third-order valence-electron chi connectivity index (χ3n) is 6.17. The van der Waals surface area contributed by atoms with Crippen molar-refractivity contribution in [1.29, 1.82) is 0 Å². The van der Waals surface area contributed by atoms with Crippen molar-refractivity contribution in [1.82, 2.24) is 24.6 Å². The number of ether oxygens (including phenoxy) is 1. The molecule has 0 bridgehead atoms. The fourth-order valence-electron chi connectivity index (χ4n) is 4.10. The van der Waals surface area contributed by atoms with Gasteiger partial charge in [-0.05, 0) is 75.0 Å². The van der Waals surface area contributed by atoms with Crippen LogP contribution in [0.15, 0.2) is 34.1 Å². The highest BCUT2D eigenvalue weighted by Gasteiger charge is 2.33. The number of carbonyl (C=O) groups excluding carboxylic acids is 1. The minimum absolute atomic E-state index is 0.0886. The second-order valence-corrected chi connectivity index (χ2v) is 10.5. The lowest BCUT2D eigenvalue weighted by molar-refractivity contribution is 0.0649. The first kappa shape index (κ1) is 22.5. The van der Waals surface area contributed by atoms with Crippen molar-refractivity contribution in [3.63, 3.8) is 0 Å². The molecule has 0 radical (unpaired) electrons. The number of benzene rings is 1. The molecule has 0 saturated carbocycles. The first-order valence-corrected chi connectivity index (χ1v) is 12.2. The molecule has 0 fully saturated rings. The van der Waals surface area contributed by atoms with Crippen LogP contribution >= 0.6 is 23.6 Å². The Labute approximate surface area is 206 Å². The SMILES string of the molecule is COc1cc2c(cc1-c1n[nH]c(=S)o1)-n1c(-c3cccs3)nc(C(=O)N(C)C(C)(C)C)c1CC2. The summed E-state index contributed by atoms with van der Waals surface area (Å²) in [4.78, 5) is 21.4. The molecular formula is C24H25N5O3S2. The van der Waals surface area contributed by atoms with E-state index in [1.807, 2.05) is 57.5 Å². The monoisotopic (exact) mass is 495 g/mol. The van der Waals surface area contributed by atoms with Gasteiger partial charge in [-0.1, -0.05) is 6.07 Å². The summed E-state index contributed by atoms with van der Waals surface area (Å²) in [5, 5.41) is 8.88. The molecule has 0 spiro atoms. The van der Waals surface area contributed by atoms with Crippen LogP contribution in [-0.2, 0) is 12.8 Å². The maximum atomic E-state index is 13.5. The molecular weight excluding hydrogens is 470 g/mol. The zero-order chi connectivity index (χ0) is 24.2. The van der Waals surface area contributed by atoms with E-state index < -0.39 is 0 Å². The summed E-state index contributed by atoms with van der Waals surface area (Å²) in [5.41, 5.74) is 3.76. The maximum Gasteiger partial charge on any atom is 0.284 e. The molecule has 176 valence electrons. The van der Waals surface area contributed by atoms with Crippen LogP contribution in [0.5, 0.6) is 5.75 Å². The zero-order valence-corrected chi connectivity index (χ0v) is 21.3. The molecule has 1 amide bonds. The number of hydrogen-bond acceptors (Lipinski definition) is 7. The Morgan fingerprint density at radius 3 is 2.74 bits per heavy atom. The van der Waals surface area contributed by atoms with Crippen LogP contribution in [0.2, 0.25) is 0 Å². The van der Waals surface area contributed by atoms with Crippen LogP contribution in [-0.4, -0.2) is 50.3 Å². The lowest BCUT2D eigenvalue weighted by Gasteiger charge is -2.32. The van der Waals surface area contributed by atoms with Crippen molar-refractivity contribution in [2.75, 3.05) is 14.2 Å². The van der Waals surface area contributed by atoms with Gasteiger partial charge in [-0.2, -0.15) is 0 Å². The van der Waals surface area contributed by atoms with Gasteiger partial charge in [-0.3, -0.25) is 9.36 Å². The molecule has 4 aromatic rings. The predicted octanol–water partition coefficient (Wildman–Crippen LogP) is 5.29. The number of hydrogen-bond donors (Lipinski definition) is 1. The van der Waals surface area contributed by atoms with Crippen molar-refractivity contribution in [3.8, 4) is 33.6 Å². The maximum absolute atomic E-state index is 13.5. The highest BCUT2D eigenvalue weighted by molar-refractivity contribution is 7.71. The van der Waals surface area contributed by atoms with Crippen LogP contribution in [0, 0.1) is 4.84 Å². The van der Waals surface area contributed by atoms with E-state index in [9.17, 15) is 4.79 Å². The van der Waals surface area contributed by atoms with Crippen LogP contribution < -0.4 is 4.74 Å². The first-order valence-electron chi connectivity index (χ1n) is 10.9. The van der Waals surface area contributed by atoms with Crippen molar-refractivity contribution in [2.24, 2.45) is 0 Å². The number of H-pyrrole nitrogens is 1. The van der Waals surface area contributed by atoms with Gasteiger partial charge in [0, 0.05) is 12.6 Å². The number of carbonyl (C=O) groups is 1. The predicted molar refractivity (Wildman–Crippen MR) is 133 cm³/mol. The van der Waals surface area contributed by atoms with Crippen LogP contribution in [0.1, 0.15) is 42.5 Å². The number of nitrogens with zero attached hydrogens (tertiary/aromatic N) is 4. The highest BCUT2D eigenvalue weighted by atomic mass is 32.1. The molecule has 1 aliphatic rings. The molecule has 10 heteroatoms. The Hall–Kier alpha value is -3.24. The van der Waals surface area contributed by atoms with E-state index in [1.54, 1.807) is 23.3 Å². The van der Waals surface area contributed by atoms with E-state index in [4.69, 9.17) is 26.4 Å². The molecule has 4 heterocycles. The van der Waals surface area contributed by atoms with E-state index in [0.717, 1.165) is 34.1 Å². The number of imidazole rings is 1. The van der Waals surface area contributed by atoms with Gasteiger partial charge in [0.25, 0.3) is 10.7 Å². The molecule has 5 rings (SSSR count). The third-order valence-corrected chi connectivity index (χ3v) is 7.21. The number of methoxy groups -OCH3 is 1. The Morgan fingerprint density at radius 2 is 2.12 bits per heavy atom. The molecule has 0 aliphatic carbocycles. The smallest absolute Gasteiger partial charge is 0.284 e. The van der Waals surface area contributed by atoms with Crippen molar-refractivity contribution in [2.45, 2.75) is 39.2 Å². The van der Waals surface area contributed by atoms with Gasteiger partial charge in [-0.15, -0.1) is 16.4 Å². The normalized spacial score (nSPS) is 12.9. The van der Waals surface area contributed by atoms with E-state index >= 15 is 0 Å². The number of aryl methyl sites for hydroxylation is 1. The molecule has 1 aliphatic heterocycles. The van der Waals surface area contributed by atoms with E-state index in [-0.39, 0.29) is 16.3 Å². The molecule has 0 atom stereocenters. The zero-order valence-electron chi connectivity index (χ0n) is 19.6. The number of amides is 1. The molecule has 0 unspecified atom stereocenters. The number of fused-ring (bicyclic) bond motifs is 3. The molecule has 0 saturated heterocycles. The van der Waals surface area contributed by atoms with E-state index in [0.29, 0.717) is 29.3 Å². The van der Waals surface area contributed by atoms with Gasteiger partial charge in [0.2, 0.25) is 5.89 Å². The summed E-state index contributed by atoms with van der Waals surface area (Å²) in [6.45, 7) is 6.05. The molecule has 34 heavy (non-hydrogen) atoms. The number of rotatable bonds is 4. The first-order chi connectivity index (χ1) is 16.2. The molecule has 1 aromatic carbocycles. The average Bonchev–Trinajstić information content (AvgIpc) is 3.55. The second-order valence-electron chi connectivity index (χ2n) is 9.18. The average molecular weight is 496 g/mol. The Morgan fingerprint density at radius 1 is 1.32 bits per heavy atom. The molecule has 3 aromatic heterocycles. The van der Waals surface area contributed by atoms with Crippen LogP contribution in [0.4, 0.5) is 0 Å². The van der Waals surface area contributed by atoms with Crippen molar-refractivity contribution < 1.29 is 13.9 Å². The number of thiophene rings is 1. The summed E-state index contributed by atoms with van der Waals surface area (Å²) in [5.74, 6) is 1.65. The fraction of sp³-hybridized carbons (Fsp3) is 0.333. The molecule has 1 N–H and O–H groups in total. The van der Waals surface area contributed by atoms with Gasteiger partial charge < -0.3 is 14.1 Å². The highest BCUT2D eigenvalue weighted by Crippen LogP contribution is 2.40. The lowest BCUT2D eigenvalue weighted by atomic mass is 9.97. The largest absolute Gasteiger partial charge is 0.496 e. The Balaban J connectivity index is 1.76. The minimum atomic E-state index is -0.326. The van der Waals surface area contributed by atoms with Gasteiger partial charge in [0.05, 0.1) is 28.9 Å². The number of nitrogens with one attached hydrogen (secondary N) is 1. The van der Waals surface area contributed by atoms with Gasteiger partial charge in [0.1, 0.15) is 5.75 Å². The summed E-state index contributed by atoms with van der Waals surface area (Å²) in [7, 11) is 3.44. The number of aromatic amines is 1. The second kappa shape index (κ2) is 8.21. The lowest BCUT2D eigenvalue weighted by Crippen LogP contribution is -2.43. The third kappa shape index (κ3) is 3.67. The van der Waals surface area contributed by atoms with E-state index in [1.165, 1.54) is 0 Å². The Bertz CT molecular complexity index is 1440. The topological polar surface area (TPSA) is 89.2 Å². The van der Waals surface area contributed by atoms with Gasteiger partial charge in [0.15, 0.2) is 11.5 Å². The fourth-order valence-corrected chi connectivity index (χ4v) is 4.93. The van der Waals surface area contributed by atoms with Crippen LogP contribution in [0.25, 0.3) is 27.8 Å². The summed E-state index contributed by atoms with van der Waals surface area (Å²) < 4.78 is 13.3. The number of aromatic nitrogens is 4. The van der Waals surface area contributed by atoms with Crippen molar-refractivity contribution in [3.05, 3.63) is 51.4 Å². The molecule has 8 nitrogen and oxygen atoms in total. The van der Waals surface area contributed by atoms with Crippen molar-refractivity contribution >= 4 is 29.5 Å². The summed E-state index contributed by atoms with van der Waals surface area (Å²) in [6, 6.07) is 7.99. The minimum Gasteiger partial charge on any atom is -0.496 e. The summed E-state index contributed by atoms with van der Waals surface area (Å²) in [6.07, 6.45) is 1.45. The van der Waals surface area contributed by atoms with E-state index in [2.05, 4.69) is 14.8 Å².